The zero-order valence-electron chi connectivity index (χ0n) is 14.0. The summed E-state index contributed by atoms with van der Waals surface area (Å²) in [6.45, 7) is 10.8. The summed E-state index contributed by atoms with van der Waals surface area (Å²) >= 11 is 0. The lowest BCUT2D eigenvalue weighted by molar-refractivity contribution is 0.0904. The average Bonchev–Trinajstić information content (AvgIpc) is 2.44. The van der Waals surface area contributed by atoms with Gasteiger partial charge < -0.3 is 10.1 Å². The lowest BCUT2D eigenvalue weighted by Gasteiger charge is -2.34. The van der Waals surface area contributed by atoms with Gasteiger partial charge in [-0.05, 0) is 52.5 Å². The third-order valence-corrected chi connectivity index (χ3v) is 5.94. The number of sulfonamides is 1. The molecule has 0 amide bonds. The summed E-state index contributed by atoms with van der Waals surface area (Å²) in [7, 11) is -3.16. The van der Waals surface area contributed by atoms with Crippen molar-refractivity contribution in [3.63, 3.8) is 0 Å². The molecule has 0 radical (unpaired) electrons. The van der Waals surface area contributed by atoms with E-state index < -0.39 is 10.0 Å². The third-order valence-electron chi connectivity index (χ3n) is 4.11. The second-order valence-electron chi connectivity index (χ2n) is 6.21. The molecule has 0 spiro atoms. The van der Waals surface area contributed by atoms with Gasteiger partial charge >= 0.3 is 0 Å². The van der Waals surface area contributed by atoms with Crippen LogP contribution in [0.2, 0.25) is 0 Å². The fourth-order valence-electron chi connectivity index (χ4n) is 2.71. The molecule has 0 bridgehead atoms. The third kappa shape index (κ3) is 6.63. The van der Waals surface area contributed by atoms with E-state index >= 15 is 0 Å². The van der Waals surface area contributed by atoms with E-state index in [1.54, 1.807) is 4.31 Å². The predicted molar refractivity (Wildman–Crippen MR) is 86.9 cm³/mol. The monoisotopic (exact) mass is 320 g/mol. The highest BCUT2D eigenvalue weighted by Crippen LogP contribution is 2.22. The largest absolute Gasteiger partial charge is 0.378 e. The first-order valence-electron chi connectivity index (χ1n) is 8.19. The molecule has 21 heavy (non-hydrogen) atoms. The van der Waals surface area contributed by atoms with E-state index in [-0.39, 0.29) is 18.5 Å². The van der Waals surface area contributed by atoms with Gasteiger partial charge in [0, 0.05) is 19.1 Å². The molecule has 126 valence electrons. The van der Waals surface area contributed by atoms with E-state index in [1.807, 2.05) is 13.8 Å². The van der Waals surface area contributed by atoms with Crippen molar-refractivity contribution in [1.82, 2.24) is 9.62 Å². The van der Waals surface area contributed by atoms with Crippen LogP contribution in [0.4, 0.5) is 0 Å². The first-order valence-corrected chi connectivity index (χ1v) is 9.80. The minimum atomic E-state index is -3.16. The molecule has 0 saturated carbocycles. The normalized spacial score (nSPS) is 20.0. The molecule has 1 aliphatic heterocycles. The molecule has 1 rings (SSSR count). The second kappa shape index (κ2) is 9.08. The van der Waals surface area contributed by atoms with Gasteiger partial charge in [-0.3, -0.25) is 0 Å². The summed E-state index contributed by atoms with van der Waals surface area (Å²) in [4.78, 5) is 0. The van der Waals surface area contributed by atoms with Gasteiger partial charge in [0.2, 0.25) is 10.0 Å². The number of nitrogens with zero attached hydrogens (tertiary/aromatic N) is 1. The van der Waals surface area contributed by atoms with Crippen molar-refractivity contribution in [3.05, 3.63) is 0 Å². The average molecular weight is 320 g/mol. The standard InChI is InChI=1S/C15H32N2O3S/c1-5-8-16-14(4)15-6-9-17(10-7-15)21(18,19)12-11-20-13(2)3/h13-16H,5-12H2,1-4H3. The maximum Gasteiger partial charge on any atom is 0.216 e. The van der Waals surface area contributed by atoms with Gasteiger partial charge in [0.05, 0.1) is 18.5 Å². The number of ether oxygens (including phenoxy) is 1. The molecule has 0 aromatic rings. The Labute approximate surface area is 130 Å². The van der Waals surface area contributed by atoms with E-state index in [1.165, 1.54) is 0 Å². The molecule has 0 aromatic heterocycles. The van der Waals surface area contributed by atoms with E-state index in [2.05, 4.69) is 19.2 Å². The molecule has 5 nitrogen and oxygen atoms in total. The highest BCUT2D eigenvalue weighted by molar-refractivity contribution is 7.89. The van der Waals surface area contributed by atoms with Crippen LogP contribution in [0.15, 0.2) is 0 Å². The van der Waals surface area contributed by atoms with Gasteiger partial charge in [0.1, 0.15) is 0 Å². The van der Waals surface area contributed by atoms with Crippen molar-refractivity contribution in [1.29, 1.82) is 0 Å². The summed E-state index contributed by atoms with van der Waals surface area (Å²) in [5.41, 5.74) is 0. The predicted octanol–water partition coefficient (Wildman–Crippen LogP) is 1.84. The number of rotatable bonds is 9. The summed E-state index contributed by atoms with van der Waals surface area (Å²) in [6, 6.07) is 0.471. The molecular weight excluding hydrogens is 288 g/mol. The Kier molecular flexibility index (Phi) is 8.16. The van der Waals surface area contributed by atoms with Crippen molar-refractivity contribution in [2.45, 2.75) is 59.1 Å². The SMILES string of the molecule is CCCNC(C)C1CCN(S(=O)(=O)CCOC(C)C)CC1. The Morgan fingerprint density at radius 3 is 2.38 bits per heavy atom. The van der Waals surface area contributed by atoms with Gasteiger partial charge in [-0.15, -0.1) is 0 Å². The summed E-state index contributed by atoms with van der Waals surface area (Å²) < 4.78 is 31.5. The summed E-state index contributed by atoms with van der Waals surface area (Å²) in [5, 5.41) is 3.51. The lowest BCUT2D eigenvalue weighted by atomic mass is 9.91. The van der Waals surface area contributed by atoms with Crippen molar-refractivity contribution in [2.24, 2.45) is 5.92 Å². The van der Waals surface area contributed by atoms with Gasteiger partial charge in [-0.25, -0.2) is 12.7 Å². The quantitative estimate of drug-likeness (QED) is 0.704. The number of piperidine rings is 1. The highest BCUT2D eigenvalue weighted by atomic mass is 32.2. The minimum Gasteiger partial charge on any atom is -0.378 e. The number of hydrogen-bond acceptors (Lipinski definition) is 4. The van der Waals surface area contributed by atoms with E-state index in [0.717, 1.165) is 25.8 Å². The van der Waals surface area contributed by atoms with Crippen LogP contribution in [0.1, 0.15) is 47.0 Å². The van der Waals surface area contributed by atoms with Crippen LogP contribution < -0.4 is 5.32 Å². The fourth-order valence-corrected chi connectivity index (χ4v) is 4.04. The van der Waals surface area contributed by atoms with Crippen molar-refractivity contribution in [2.75, 3.05) is 32.0 Å². The molecule has 0 aliphatic carbocycles. The Balaban J connectivity index is 2.37. The Bertz CT molecular complexity index is 376. The van der Waals surface area contributed by atoms with Crippen LogP contribution >= 0.6 is 0 Å². The zero-order chi connectivity index (χ0) is 15.9. The van der Waals surface area contributed by atoms with Crippen molar-refractivity contribution < 1.29 is 13.2 Å². The lowest BCUT2D eigenvalue weighted by Crippen LogP contribution is -2.45. The van der Waals surface area contributed by atoms with Gasteiger partial charge in [0.15, 0.2) is 0 Å². The molecular formula is C15H32N2O3S. The molecule has 0 aromatic carbocycles. The van der Waals surface area contributed by atoms with Crippen LogP contribution in [0.5, 0.6) is 0 Å². The maximum atomic E-state index is 12.2. The number of hydrogen-bond donors (Lipinski definition) is 1. The second-order valence-corrected chi connectivity index (χ2v) is 8.30. The van der Waals surface area contributed by atoms with Gasteiger partial charge in [0.25, 0.3) is 0 Å². The minimum absolute atomic E-state index is 0.0800. The Hall–Kier alpha value is -0.170. The van der Waals surface area contributed by atoms with E-state index in [9.17, 15) is 8.42 Å². The van der Waals surface area contributed by atoms with Gasteiger partial charge in [-0.2, -0.15) is 0 Å². The molecule has 1 atom stereocenters. The first-order chi connectivity index (χ1) is 9.86. The molecule has 1 aliphatic rings. The van der Waals surface area contributed by atoms with Crippen molar-refractivity contribution >= 4 is 10.0 Å². The van der Waals surface area contributed by atoms with Crippen molar-refractivity contribution in [3.8, 4) is 0 Å². The highest BCUT2D eigenvalue weighted by Gasteiger charge is 2.29. The molecule has 1 fully saturated rings. The van der Waals surface area contributed by atoms with Crippen LogP contribution in [-0.4, -0.2) is 56.9 Å². The Morgan fingerprint density at radius 1 is 1.24 bits per heavy atom. The molecule has 6 heteroatoms. The molecule has 1 N–H and O–H groups in total. The molecule has 1 heterocycles. The maximum absolute atomic E-state index is 12.2. The van der Waals surface area contributed by atoms with Crippen LogP contribution in [0, 0.1) is 5.92 Å². The van der Waals surface area contributed by atoms with Crippen LogP contribution in [0.25, 0.3) is 0 Å². The van der Waals surface area contributed by atoms with Crippen LogP contribution in [0.3, 0.4) is 0 Å². The molecule has 1 unspecified atom stereocenters. The topological polar surface area (TPSA) is 58.6 Å². The van der Waals surface area contributed by atoms with E-state index in [0.29, 0.717) is 25.0 Å². The number of nitrogens with one attached hydrogen (secondary N) is 1. The summed E-state index contributed by atoms with van der Waals surface area (Å²) in [5.74, 6) is 0.675. The van der Waals surface area contributed by atoms with E-state index in [4.69, 9.17) is 4.74 Å². The fraction of sp³-hybridized carbons (Fsp3) is 1.00. The zero-order valence-corrected chi connectivity index (χ0v) is 14.8. The van der Waals surface area contributed by atoms with Crippen LogP contribution in [-0.2, 0) is 14.8 Å². The summed E-state index contributed by atoms with van der Waals surface area (Å²) in [6.07, 6.45) is 3.11. The smallest absolute Gasteiger partial charge is 0.216 e. The molecule has 1 saturated heterocycles. The van der Waals surface area contributed by atoms with Gasteiger partial charge in [-0.1, -0.05) is 6.92 Å². The Morgan fingerprint density at radius 2 is 1.86 bits per heavy atom. The first kappa shape index (κ1) is 18.9.